The molecule has 33 heavy (non-hydrogen) atoms. The Kier molecular flexibility index (Phi) is 5.35. The van der Waals surface area contributed by atoms with Gasteiger partial charge in [-0.1, -0.05) is 17.3 Å². The van der Waals surface area contributed by atoms with E-state index in [2.05, 4.69) is 20.6 Å². The predicted octanol–water partition coefficient (Wildman–Crippen LogP) is 2.44. The average Bonchev–Trinajstić information content (AvgIpc) is 3.50. The quantitative estimate of drug-likeness (QED) is 0.608. The second kappa shape index (κ2) is 8.61. The van der Waals surface area contributed by atoms with Crippen LogP contribution in [0.4, 0.5) is 5.69 Å². The lowest BCUT2D eigenvalue weighted by Crippen LogP contribution is -2.38. The Balaban J connectivity index is 1.31. The molecule has 168 valence electrons. The first-order valence-corrected chi connectivity index (χ1v) is 10.2. The first-order chi connectivity index (χ1) is 16.1. The number of para-hydroxylation sites is 2. The van der Waals surface area contributed by atoms with Crippen molar-refractivity contribution < 1.29 is 28.3 Å². The van der Waals surface area contributed by atoms with E-state index in [1.807, 2.05) is 0 Å². The lowest BCUT2D eigenvalue weighted by Gasteiger charge is -2.22. The zero-order valence-electron chi connectivity index (χ0n) is 17.6. The first-order valence-electron chi connectivity index (χ1n) is 10.2. The van der Waals surface area contributed by atoms with Gasteiger partial charge in [0.25, 0.3) is 5.89 Å². The van der Waals surface area contributed by atoms with Crippen LogP contribution in [-0.2, 0) is 9.59 Å². The van der Waals surface area contributed by atoms with Gasteiger partial charge in [-0.05, 0) is 30.3 Å². The van der Waals surface area contributed by atoms with Crippen LogP contribution in [-0.4, -0.2) is 53.1 Å². The van der Waals surface area contributed by atoms with Crippen molar-refractivity contribution in [2.24, 2.45) is 5.10 Å². The number of nitrogens with zero attached hydrogens (tertiary/aromatic N) is 4. The second-order valence-electron chi connectivity index (χ2n) is 7.24. The van der Waals surface area contributed by atoms with Crippen molar-refractivity contribution in [2.45, 2.75) is 12.8 Å². The molecule has 2 aliphatic rings. The fourth-order valence-corrected chi connectivity index (χ4v) is 3.45. The fourth-order valence-electron chi connectivity index (χ4n) is 3.45. The van der Waals surface area contributed by atoms with Crippen molar-refractivity contribution in [1.29, 1.82) is 0 Å². The molecule has 0 aliphatic carbocycles. The SMILES string of the molecule is COc1ccccc1NC(=O)CN1N=C(c2nc(-c3ccc4c(c3)OCO4)no2)CCC1=O. The number of carbonyl (C=O) groups is 2. The average molecular weight is 449 g/mol. The first kappa shape index (κ1) is 20.5. The molecular formula is C22H19N5O6. The van der Waals surface area contributed by atoms with E-state index in [1.54, 1.807) is 42.5 Å². The Bertz CT molecular complexity index is 1250. The van der Waals surface area contributed by atoms with Gasteiger partial charge in [-0.25, -0.2) is 5.01 Å². The van der Waals surface area contributed by atoms with E-state index < -0.39 is 5.91 Å². The number of anilines is 1. The van der Waals surface area contributed by atoms with Gasteiger partial charge in [-0.2, -0.15) is 10.1 Å². The van der Waals surface area contributed by atoms with E-state index >= 15 is 0 Å². The number of methoxy groups -OCH3 is 1. The Hall–Kier alpha value is -4.41. The van der Waals surface area contributed by atoms with Gasteiger partial charge < -0.3 is 24.1 Å². The number of amides is 2. The van der Waals surface area contributed by atoms with Crippen molar-refractivity contribution in [3.05, 3.63) is 48.4 Å². The molecule has 1 N–H and O–H groups in total. The molecule has 0 saturated carbocycles. The summed E-state index contributed by atoms with van der Waals surface area (Å²) in [7, 11) is 1.51. The number of fused-ring (bicyclic) bond motifs is 1. The van der Waals surface area contributed by atoms with E-state index in [0.29, 0.717) is 46.5 Å². The lowest BCUT2D eigenvalue weighted by molar-refractivity contribution is -0.135. The summed E-state index contributed by atoms with van der Waals surface area (Å²) in [5.41, 5.74) is 1.62. The molecule has 0 atom stereocenters. The summed E-state index contributed by atoms with van der Waals surface area (Å²) < 4.78 is 21.3. The van der Waals surface area contributed by atoms with Gasteiger partial charge in [0.05, 0.1) is 12.8 Å². The predicted molar refractivity (Wildman–Crippen MR) is 115 cm³/mol. The van der Waals surface area contributed by atoms with Crippen LogP contribution in [0.2, 0.25) is 0 Å². The maximum atomic E-state index is 12.5. The van der Waals surface area contributed by atoms with Crippen molar-refractivity contribution in [2.75, 3.05) is 25.8 Å². The topological polar surface area (TPSA) is 128 Å². The van der Waals surface area contributed by atoms with Gasteiger partial charge in [-0.15, -0.1) is 0 Å². The van der Waals surface area contributed by atoms with Gasteiger partial charge in [0.1, 0.15) is 18.0 Å². The van der Waals surface area contributed by atoms with Gasteiger partial charge in [0, 0.05) is 18.4 Å². The van der Waals surface area contributed by atoms with Crippen LogP contribution < -0.4 is 19.5 Å². The Morgan fingerprint density at radius 3 is 2.88 bits per heavy atom. The van der Waals surface area contributed by atoms with Gasteiger partial charge in [0.15, 0.2) is 11.5 Å². The molecule has 5 rings (SSSR count). The molecule has 3 heterocycles. The Morgan fingerprint density at radius 2 is 2.00 bits per heavy atom. The molecule has 3 aromatic rings. The van der Waals surface area contributed by atoms with Crippen LogP contribution in [0.3, 0.4) is 0 Å². The molecule has 0 unspecified atom stereocenters. The number of hydrogen-bond acceptors (Lipinski definition) is 9. The third kappa shape index (κ3) is 4.20. The lowest BCUT2D eigenvalue weighted by atomic mass is 10.1. The third-order valence-electron chi connectivity index (χ3n) is 5.08. The minimum Gasteiger partial charge on any atom is -0.495 e. The maximum absolute atomic E-state index is 12.5. The highest BCUT2D eigenvalue weighted by Gasteiger charge is 2.27. The number of nitrogens with one attached hydrogen (secondary N) is 1. The van der Waals surface area contributed by atoms with Crippen LogP contribution in [0.1, 0.15) is 18.7 Å². The van der Waals surface area contributed by atoms with Crippen molar-refractivity contribution in [1.82, 2.24) is 15.1 Å². The van der Waals surface area contributed by atoms with E-state index in [9.17, 15) is 9.59 Å². The van der Waals surface area contributed by atoms with E-state index in [-0.39, 0.29) is 31.6 Å². The molecule has 1 aromatic heterocycles. The second-order valence-corrected chi connectivity index (χ2v) is 7.24. The molecule has 2 aromatic carbocycles. The molecule has 0 spiro atoms. The summed E-state index contributed by atoms with van der Waals surface area (Å²) in [5.74, 6) is 1.62. The number of hydrogen-bond donors (Lipinski definition) is 1. The summed E-state index contributed by atoms with van der Waals surface area (Å²) in [6.07, 6.45) is 0.495. The molecule has 2 aliphatic heterocycles. The Morgan fingerprint density at radius 1 is 1.15 bits per heavy atom. The van der Waals surface area contributed by atoms with Crippen molar-refractivity contribution in [3.8, 4) is 28.6 Å². The van der Waals surface area contributed by atoms with Crippen LogP contribution in [0, 0.1) is 0 Å². The largest absolute Gasteiger partial charge is 0.495 e. The molecule has 0 saturated heterocycles. The summed E-state index contributed by atoms with van der Waals surface area (Å²) >= 11 is 0. The van der Waals surface area contributed by atoms with Gasteiger partial charge in [0.2, 0.25) is 24.4 Å². The molecule has 0 bridgehead atoms. The number of hydrazone groups is 1. The fraction of sp³-hybridized carbons (Fsp3) is 0.227. The van der Waals surface area contributed by atoms with E-state index in [1.165, 1.54) is 7.11 Å². The number of rotatable bonds is 6. The zero-order valence-corrected chi connectivity index (χ0v) is 17.6. The normalized spacial score (nSPS) is 14.8. The zero-order chi connectivity index (χ0) is 22.8. The monoisotopic (exact) mass is 449 g/mol. The molecule has 0 radical (unpaired) electrons. The standard InChI is InChI=1S/C22H19N5O6/c1-30-16-5-3-2-4-14(16)23-19(28)11-27-20(29)9-7-15(25-27)22-24-21(26-33-22)13-6-8-17-18(10-13)32-12-31-17/h2-6,8,10H,7,9,11-12H2,1H3,(H,23,28). The summed E-state index contributed by atoms with van der Waals surface area (Å²) in [4.78, 5) is 29.3. The van der Waals surface area contributed by atoms with Gasteiger partial charge in [-0.3, -0.25) is 9.59 Å². The number of carbonyl (C=O) groups excluding carboxylic acids is 2. The van der Waals surface area contributed by atoms with E-state index in [4.69, 9.17) is 18.7 Å². The van der Waals surface area contributed by atoms with E-state index in [0.717, 1.165) is 5.01 Å². The maximum Gasteiger partial charge on any atom is 0.274 e. The van der Waals surface area contributed by atoms with Crippen molar-refractivity contribution in [3.63, 3.8) is 0 Å². The van der Waals surface area contributed by atoms with Crippen LogP contribution in [0.25, 0.3) is 11.4 Å². The highest BCUT2D eigenvalue weighted by atomic mass is 16.7. The van der Waals surface area contributed by atoms with Crippen LogP contribution in [0.15, 0.2) is 52.1 Å². The minimum absolute atomic E-state index is 0.168. The number of aromatic nitrogens is 2. The molecule has 0 fully saturated rings. The summed E-state index contributed by atoms with van der Waals surface area (Å²) in [5, 5.41) is 12.1. The minimum atomic E-state index is -0.413. The smallest absolute Gasteiger partial charge is 0.274 e. The molecular weight excluding hydrogens is 430 g/mol. The summed E-state index contributed by atoms with van der Waals surface area (Å²) in [6, 6.07) is 12.3. The highest BCUT2D eigenvalue weighted by Crippen LogP contribution is 2.35. The van der Waals surface area contributed by atoms with Crippen molar-refractivity contribution >= 4 is 23.2 Å². The number of benzene rings is 2. The summed E-state index contributed by atoms with van der Waals surface area (Å²) in [6.45, 7) is -0.0921. The number of ether oxygens (including phenoxy) is 3. The van der Waals surface area contributed by atoms with Crippen LogP contribution >= 0.6 is 0 Å². The van der Waals surface area contributed by atoms with Gasteiger partial charge >= 0.3 is 0 Å². The highest BCUT2D eigenvalue weighted by molar-refractivity contribution is 6.02. The molecule has 2 amide bonds. The Labute approximate surface area is 187 Å². The molecule has 11 nitrogen and oxygen atoms in total. The van der Waals surface area contributed by atoms with Crippen LogP contribution in [0.5, 0.6) is 17.2 Å². The third-order valence-corrected chi connectivity index (χ3v) is 5.08. The molecule has 11 heteroatoms.